The molecule has 1 N–H and O–H groups in total. The molecule has 14 heavy (non-hydrogen) atoms. The van der Waals surface area contributed by atoms with Crippen molar-refractivity contribution in [2.45, 2.75) is 20.3 Å². The Morgan fingerprint density at radius 1 is 0.929 bits per heavy atom. The van der Waals surface area contributed by atoms with Crippen LogP contribution in [0.4, 0.5) is 0 Å². The van der Waals surface area contributed by atoms with Gasteiger partial charge in [-0.2, -0.15) is 0 Å². The summed E-state index contributed by atoms with van der Waals surface area (Å²) in [6.07, 6.45) is 9.50. The number of phenols is 1. The predicted molar refractivity (Wildman–Crippen MR) is 62.4 cm³/mol. The maximum absolute atomic E-state index is 8.63. The van der Waals surface area contributed by atoms with Crippen molar-refractivity contribution in [1.29, 1.82) is 0 Å². The number of hydrogen-bond donors (Lipinski definition) is 1. The molecule has 0 heterocycles. The molecule has 1 aromatic rings. The van der Waals surface area contributed by atoms with Gasteiger partial charge in [-0.15, -0.1) is 0 Å². The lowest BCUT2D eigenvalue weighted by molar-refractivity contribution is 0.475. The summed E-state index contributed by atoms with van der Waals surface area (Å²) in [6.45, 7) is 4.00. The van der Waals surface area contributed by atoms with Crippen molar-refractivity contribution in [3.05, 3.63) is 54.6 Å². The number of hydrogen-bond acceptors (Lipinski definition) is 1. The average Bonchev–Trinajstić information content (AvgIpc) is 2.80. The van der Waals surface area contributed by atoms with Gasteiger partial charge in [-0.05, 0) is 18.6 Å². The van der Waals surface area contributed by atoms with Crippen molar-refractivity contribution in [2.24, 2.45) is 0 Å². The van der Waals surface area contributed by atoms with E-state index in [2.05, 4.69) is 24.3 Å². The Labute approximate surface area is 86.4 Å². The lowest BCUT2D eigenvalue weighted by Gasteiger charge is -1.82. The monoisotopic (exact) mass is 190 g/mol. The quantitative estimate of drug-likeness (QED) is 0.657. The Morgan fingerprint density at radius 2 is 1.43 bits per heavy atom. The number of para-hydroxylation sites is 1. The Balaban J connectivity index is 0.000000213. The predicted octanol–water partition coefficient (Wildman–Crippen LogP) is 3.92. The van der Waals surface area contributed by atoms with Gasteiger partial charge in [0.25, 0.3) is 0 Å². The van der Waals surface area contributed by atoms with E-state index in [1.54, 1.807) is 24.3 Å². The van der Waals surface area contributed by atoms with Crippen LogP contribution >= 0.6 is 0 Å². The van der Waals surface area contributed by atoms with Crippen LogP contribution in [-0.2, 0) is 0 Å². The first-order valence-electron chi connectivity index (χ1n) is 4.95. The van der Waals surface area contributed by atoms with Crippen LogP contribution in [-0.4, -0.2) is 5.11 Å². The third kappa shape index (κ3) is 7.17. The summed E-state index contributed by atoms with van der Waals surface area (Å²) in [5.41, 5.74) is 0. The van der Waals surface area contributed by atoms with Crippen molar-refractivity contribution in [3.8, 4) is 5.75 Å². The Morgan fingerprint density at radius 3 is 1.64 bits per heavy atom. The molecule has 1 aliphatic carbocycles. The molecule has 0 amide bonds. The zero-order valence-electron chi connectivity index (χ0n) is 8.85. The van der Waals surface area contributed by atoms with Gasteiger partial charge in [0.05, 0.1) is 0 Å². The van der Waals surface area contributed by atoms with Gasteiger partial charge in [0.15, 0.2) is 0 Å². The fourth-order valence-electron chi connectivity index (χ4n) is 0.821. The van der Waals surface area contributed by atoms with Crippen molar-refractivity contribution in [3.63, 3.8) is 0 Å². The highest BCUT2D eigenvalue weighted by Crippen LogP contribution is 2.02. The molecule has 1 aliphatic rings. The van der Waals surface area contributed by atoms with Gasteiger partial charge in [-0.25, -0.2) is 0 Å². The van der Waals surface area contributed by atoms with Crippen LogP contribution < -0.4 is 0 Å². The van der Waals surface area contributed by atoms with Crippen molar-refractivity contribution >= 4 is 0 Å². The maximum Gasteiger partial charge on any atom is 0.115 e. The van der Waals surface area contributed by atoms with Crippen LogP contribution in [0.1, 0.15) is 20.3 Å². The van der Waals surface area contributed by atoms with Crippen LogP contribution in [0.25, 0.3) is 0 Å². The number of benzene rings is 1. The highest BCUT2D eigenvalue weighted by atomic mass is 16.3. The number of rotatable bonds is 0. The Hall–Kier alpha value is -1.50. The first kappa shape index (κ1) is 12.5. The molecule has 0 saturated carbocycles. The zero-order chi connectivity index (χ0) is 10.6. The van der Waals surface area contributed by atoms with Crippen LogP contribution in [0.2, 0.25) is 0 Å². The molecule has 0 bridgehead atoms. The van der Waals surface area contributed by atoms with Crippen LogP contribution in [0.5, 0.6) is 5.75 Å². The molecular formula is C13H18O. The molecule has 2 rings (SSSR count). The summed E-state index contributed by atoms with van der Waals surface area (Å²) in [4.78, 5) is 0. The van der Waals surface area contributed by atoms with E-state index in [1.807, 2.05) is 19.9 Å². The molecule has 0 fully saturated rings. The molecule has 0 saturated heterocycles. The van der Waals surface area contributed by atoms with E-state index in [0.29, 0.717) is 5.75 Å². The number of phenolic OH excluding ortho intramolecular Hbond substituents is 1. The Bertz CT molecular complexity index is 250. The first-order valence-corrected chi connectivity index (χ1v) is 4.95. The van der Waals surface area contributed by atoms with Crippen LogP contribution in [0.3, 0.4) is 0 Å². The minimum atomic E-state index is 0.322. The minimum absolute atomic E-state index is 0.322. The zero-order valence-corrected chi connectivity index (χ0v) is 8.85. The second-order valence-corrected chi connectivity index (χ2v) is 2.43. The van der Waals surface area contributed by atoms with Gasteiger partial charge in [-0.1, -0.05) is 56.4 Å². The molecule has 76 valence electrons. The highest BCUT2D eigenvalue weighted by molar-refractivity contribution is 5.18. The standard InChI is InChI=1S/C6H6O.C5H6.C2H6/c7-6-4-2-1-3-5-6;1-2-4-5-3-1;1-2/h1-5,7H;1-4H,5H2;1-2H3. The third-order valence-electron chi connectivity index (χ3n) is 1.41. The summed E-state index contributed by atoms with van der Waals surface area (Å²) in [5.74, 6) is 0.322. The number of aromatic hydroxyl groups is 1. The van der Waals surface area contributed by atoms with Crippen LogP contribution in [0, 0.1) is 0 Å². The van der Waals surface area contributed by atoms with E-state index in [0.717, 1.165) is 6.42 Å². The number of allylic oxidation sites excluding steroid dienone is 4. The van der Waals surface area contributed by atoms with Crippen LogP contribution in [0.15, 0.2) is 54.6 Å². The van der Waals surface area contributed by atoms with Crippen molar-refractivity contribution < 1.29 is 5.11 Å². The largest absolute Gasteiger partial charge is 0.508 e. The minimum Gasteiger partial charge on any atom is -0.508 e. The van der Waals surface area contributed by atoms with E-state index in [4.69, 9.17) is 5.11 Å². The van der Waals surface area contributed by atoms with E-state index >= 15 is 0 Å². The van der Waals surface area contributed by atoms with E-state index in [1.165, 1.54) is 0 Å². The third-order valence-corrected chi connectivity index (χ3v) is 1.41. The molecule has 0 unspecified atom stereocenters. The topological polar surface area (TPSA) is 20.2 Å². The van der Waals surface area contributed by atoms with Gasteiger partial charge in [0, 0.05) is 0 Å². The molecular weight excluding hydrogens is 172 g/mol. The second kappa shape index (κ2) is 9.59. The Kier molecular flexibility index (Phi) is 8.56. The van der Waals surface area contributed by atoms with E-state index < -0.39 is 0 Å². The van der Waals surface area contributed by atoms with Gasteiger partial charge in [0.2, 0.25) is 0 Å². The fraction of sp³-hybridized carbons (Fsp3) is 0.231. The molecule has 0 aromatic heterocycles. The normalized spacial score (nSPS) is 11.0. The van der Waals surface area contributed by atoms with Gasteiger partial charge in [-0.3, -0.25) is 0 Å². The molecule has 1 aromatic carbocycles. The summed E-state index contributed by atoms with van der Waals surface area (Å²) in [5, 5.41) is 8.63. The van der Waals surface area contributed by atoms with E-state index in [-0.39, 0.29) is 0 Å². The fourth-order valence-corrected chi connectivity index (χ4v) is 0.821. The molecule has 1 heteroatoms. The molecule has 1 nitrogen and oxygen atoms in total. The molecule has 0 atom stereocenters. The van der Waals surface area contributed by atoms with E-state index in [9.17, 15) is 0 Å². The van der Waals surface area contributed by atoms with Crippen molar-refractivity contribution in [1.82, 2.24) is 0 Å². The van der Waals surface area contributed by atoms with Gasteiger partial charge >= 0.3 is 0 Å². The van der Waals surface area contributed by atoms with Gasteiger partial charge < -0.3 is 5.11 Å². The summed E-state index contributed by atoms with van der Waals surface area (Å²) < 4.78 is 0. The van der Waals surface area contributed by atoms with Gasteiger partial charge in [0.1, 0.15) is 5.75 Å². The SMILES string of the molecule is C1=CCC=C1.CC.Oc1ccccc1. The molecule has 0 radical (unpaired) electrons. The lowest BCUT2D eigenvalue weighted by Crippen LogP contribution is -1.56. The summed E-state index contributed by atoms with van der Waals surface area (Å²) in [7, 11) is 0. The summed E-state index contributed by atoms with van der Waals surface area (Å²) in [6, 6.07) is 8.71. The highest BCUT2D eigenvalue weighted by Gasteiger charge is 1.74. The molecule has 0 aliphatic heterocycles. The smallest absolute Gasteiger partial charge is 0.115 e. The summed E-state index contributed by atoms with van der Waals surface area (Å²) >= 11 is 0. The maximum atomic E-state index is 8.63. The first-order chi connectivity index (χ1) is 6.89. The average molecular weight is 190 g/mol. The molecule has 0 spiro atoms. The lowest BCUT2D eigenvalue weighted by atomic mass is 10.3. The van der Waals surface area contributed by atoms with Crippen molar-refractivity contribution in [2.75, 3.05) is 0 Å². The second-order valence-electron chi connectivity index (χ2n) is 2.43.